The highest BCUT2D eigenvalue weighted by Crippen LogP contribution is 2.51. The van der Waals surface area contributed by atoms with E-state index in [0.29, 0.717) is 30.9 Å². The molecule has 0 saturated carbocycles. The molecule has 3 rings (SSSR count). The molecule has 0 saturated heterocycles. The van der Waals surface area contributed by atoms with E-state index in [9.17, 15) is 5.26 Å². The van der Waals surface area contributed by atoms with Gasteiger partial charge in [0.15, 0.2) is 11.3 Å². The van der Waals surface area contributed by atoms with Gasteiger partial charge in [0.2, 0.25) is 0 Å². The zero-order valence-electron chi connectivity index (χ0n) is 15.7. The molecule has 1 heterocycles. The molecular weight excluding hydrogens is 472 g/mol. The van der Waals surface area contributed by atoms with Crippen LogP contribution in [-0.2, 0) is 20.9 Å². The second-order valence-electron chi connectivity index (χ2n) is 6.17. The molecule has 0 fully saturated rings. The number of hydrogen-bond donors (Lipinski definition) is 0. The van der Waals surface area contributed by atoms with Crippen molar-refractivity contribution in [2.45, 2.75) is 26.4 Å². The normalized spacial score (nSPS) is 14.5. The monoisotopic (exact) mass is 487 g/mol. The van der Waals surface area contributed by atoms with Crippen molar-refractivity contribution in [3.05, 3.63) is 44.4 Å². The van der Waals surface area contributed by atoms with E-state index in [2.05, 4.69) is 6.07 Å². The van der Waals surface area contributed by atoms with Crippen LogP contribution in [0.2, 0.25) is 10.0 Å². The van der Waals surface area contributed by atoms with E-state index in [1.807, 2.05) is 13.8 Å². The van der Waals surface area contributed by atoms with Gasteiger partial charge in [-0.2, -0.15) is 5.26 Å². The van der Waals surface area contributed by atoms with Crippen molar-refractivity contribution in [3.8, 4) is 11.8 Å². The molecule has 0 radical (unpaired) electrons. The van der Waals surface area contributed by atoms with Crippen LogP contribution < -0.4 is 4.52 Å². The maximum Gasteiger partial charge on any atom is 0.380 e. The molecule has 0 bridgehead atoms. The fourth-order valence-electron chi connectivity index (χ4n) is 2.59. The van der Waals surface area contributed by atoms with E-state index in [0.717, 1.165) is 6.42 Å². The summed E-state index contributed by atoms with van der Waals surface area (Å²) in [5.74, 6) is 0.200. The number of benzene rings is 2. The summed E-state index contributed by atoms with van der Waals surface area (Å²) in [6.07, 6.45) is 0.573. The third kappa shape index (κ3) is 4.45. The maximum absolute atomic E-state index is 9.80. The van der Waals surface area contributed by atoms with E-state index in [1.54, 1.807) is 24.3 Å². The number of halogens is 2. The van der Waals surface area contributed by atoms with Crippen LogP contribution in [0.5, 0.6) is 5.75 Å². The lowest BCUT2D eigenvalue weighted by Gasteiger charge is -2.24. The Bertz CT molecular complexity index is 1260. The van der Waals surface area contributed by atoms with Crippen molar-refractivity contribution in [2.24, 2.45) is 0 Å². The highest BCUT2D eigenvalue weighted by Gasteiger charge is 2.26. The van der Waals surface area contributed by atoms with Crippen LogP contribution >= 0.6 is 42.1 Å². The van der Waals surface area contributed by atoms with E-state index in [-0.39, 0.29) is 23.0 Å². The van der Waals surface area contributed by atoms with Crippen LogP contribution in [0.15, 0.2) is 28.7 Å². The zero-order chi connectivity index (χ0) is 21.3. The van der Waals surface area contributed by atoms with Crippen molar-refractivity contribution in [2.75, 3.05) is 7.11 Å². The van der Waals surface area contributed by atoms with Gasteiger partial charge in [-0.3, -0.25) is 4.52 Å². The van der Waals surface area contributed by atoms with Gasteiger partial charge in [-0.15, -0.1) is 0 Å². The Hall–Kier alpha value is -1.23. The van der Waals surface area contributed by atoms with Gasteiger partial charge in [-0.1, -0.05) is 42.3 Å². The molecule has 2 atom stereocenters. The number of nitrogens with zero attached hydrogens (tertiary/aromatic N) is 1. The molecule has 3 aromatic rings. The van der Waals surface area contributed by atoms with Crippen LogP contribution in [-0.4, -0.2) is 13.2 Å². The van der Waals surface area contributed by atoms with Crippen molar-refractivity contribution < 1.29 is 18.0 Å². The van der Waals surface area contributed by atoms with Crippen molar-refractivity contribution in [1.29, 1.82) is 5.26 Å². The summed E-state index contributed by atoms with van der Waals surface area (Å²) in [6, 6.07) is 8.63. The van der Waals surface area contributed by atoms with E-state index >= 15 is 0 Å². The smallest absolute Gasteiger partial charge is 0.380 e. The molecule has 2 aromatic carbocycles. The lowest BCUT2D eigenvalue weighted by molar-refractivity contribution is 0.169. The predicted molar refractivity (Wildman–Crippen MR) is 122 cm³/mol. The number of rotatable bonds is 6. The molecule has 29 heavy (non-hydrogen) atoms. The third-order valence-corrected chi connectivity index (χ3v) is 7.85. The lowest BCUT2D eigenvalue weighted by atomic mass is 10.1. The SMILES string of the molecule is CCC(C)OP(=S)(OC)Oc1ccc2c(=S)c3cc(Cl)c(Cl)cc3oc2c1C#N. The quantitative estimate of drug-likeness (QED) is 0.202. The number of nitriles is 1. The van der Waals surface area contributed by atoms with Crippen LogP contribution in [0, 0.1) is 15.8 Å². The zero-order valence-corrected chi connectivity index (χ0v) is 19.7. The minimum atomic E-state index is -3.11. The number of hydrogen-bond acceptors (Lipinski definition) is 7. The molecule has 0 amide bonds. The van der Waals surface area contributed by atoms with E-state index in [1.165, 1.54) is 7.11 Å². The topological polar surface area (TPSA) is 64.6 Å². The molecule has 0 spiro atoms. The highest BCUT2D eigenvalue weighted by atomic mass is 35.5. The van der Waals surface area contributed by atoms with Crippen molar-refractivity contribution in [3.63, 3.8) is 0 Å². The fraction of sp³-hybridized carbons (Fsp3) is 0.263. The largest absolute Gasteiger partial charge is 0.454 e. The predicted octanol–water partition coefficient (Wildman–Crippen LogP) is 7.56. The minimum absolute atomic E-state index is 0.139. The van der Waals surface area contributed by atoms with Crippen LogP contribution in [0.4, 0.5) is 0 Å². The standard InChI is InChI=1S/C19H16Cl2NO4PS2/c1-4-10(2)25-27(29,23-3)26-16-6-5-11-18(13(16)9-22)24-17-8-15(21)14(20)7-12(17)19(11)28/h5-8,10H,4H2,1-3H3. The van der Waals surface area contributed by atoms with Gasteiger partial charge in [0.1, 0.15) is 17.2 Å². The van der Waals surface area contributed by atoms with Gasteiger partial charge in [0.05, 0.1) is 20.7 Å². The Labute approximate surface area is 188 Å². The summed E-state index contributed by atoms with van der Waals surface area (Å²) in [5, 5.41) is 11.7. The molecule has 0 aliphatic heterocycles. The molecular formula is C19H16Cl2NO4PS2. The van der Waals surface area contributed by atoms with E-state index in [4.69, 9.17) is 65.2 Å². The van der Waals surface area contributed by atoms with Crippen LogP contribution in [0.1, 0.15) is 25.8 Å². The highest BCUT2D eigenvalue weighted by molar-refractivity contribution is 8.07. The first-order chi connectivity index (χ1) is 13.7. The lowest BCUT2D eigenvalue weighted by Crippen LogP contribution is -2.09. The van der Waals surface area contributed by atoms with Crippen molar-refractivity contribution in [1.82, 2.24) is 0 Å². The van der Waals surface area contributed by atoms with Gasteiger partial charge in [0, 0.05) is 35.8 Å². The molecule has 0 N–H and O–H groups in total. The second kappa shape index (κ2) is 8.87. The Kier molecular flexibility index (Phi) is 6.87. The Morgan fingerprint density at radius 3 is 2.55 bits per heavy atom. The summed E-state index contributed by atoms with van der Waals surface area (Å²) in [4.78, 5) is 0. The summed E-state index contributed by atoms with van der Waals surface area (Å²) in [6.45, 7) is 0.720. The molecule has 1 aromatic heterocycles. The summed E-state index contributed by atoms with van der Waals surface area (Å²) >= 11 is 23.2. The van der Waals surface area contributed by atoms with Crippen LogP contribution in [0.25, 0.3) is 21.9 Å². The molecule has 10 heteroatoms. The first-order valence-corrected chi connectivity index (χ1v) is 12.3. The van der Waals surface area contributed by atoms with Gasteiger partial charge >= 0.3 is 6.72 Å². The Balaban J connectivity index is 2.22. The molecule has 152 valence electrons. The van der Waals surface area contributed by atoms with Gasteiger partial charge in [-0.25, -0.2) is 0 Å². The van der Waals surface area contributed by atoms with E-state index < -0.39 is 6.72 Å². The van der Waals surface area contributed by atoms with Gasteiger partial charge < -0.3 is 13.5 Å². The Morgan fingerprint density at radius 2 is 1.93 bits per heavy atom. The number of fused-ring (bicyclic) bond motifs is 2. The molecule has 2 unspecified atom stereocenters. The average molecular weight is 488 g/mol. The summed E-state index contributed by atoms with van der Waals surface area (Å²) in [5.41, 5.74) is 0.815. The second-order valence-corrected chi connectivity index (χ2v) is 10.4. The third-order valence-electron chi connectivity index (χ3n) is 4.27. The average Bonchev–Trinajstić information content (AvgIpc) is 2.69. The van der Waals surface area contributed by atoms with Crippen molar-refractivity contribution >= 4 is 75.9 Å². The van der Waals surface area contributed by atoms with Gasteiger partial charge in [-0.05, 0) is 31.5 Å². The minimum Gasteiger partial charge on any atom is -0.454 e. The molecule has 0 aliphatic carbocycles. The molecule has 5 nitrogen and oxygen atoms in total. The fourth-order valence-corrected chi connectivity index (χ4v) is 5.10. The summed E-state index contributed by atoms with van der Waals surface area (Å²) < 4.78 is 23.4. The van der Waals surface area contributed by atoms with Gasteiger partial charge in [0.25, 0.3) is 0 Å². The first kappa shape index (κ1) is 22.5. The maximum atomic E-state index is 9.80. The van der Waals surface area contributed by atoms with Crippen LogP contribution in [0.3, 0.4) is 0 Å². The Morgan fingerprint density at radius 1 is 1.24 bits per heavy atom. The molecule has 0 aliphatic rings. The summed E-state index contributed by atoms with van der Waals surface area (Å²) in [7, 11) is 1.42. The first-order valence-electron chi connectivity index (χ1n) is 8.55.